The highest BCUT2D eigenvalue weighted by atomic mass is 15.5. The maximum absolute atomic E-state index is 4.92. The van der Waals surface area contributed by atoms with E-state index >= 15 is 0 Å². The van der Waals surface area contributed by atoms with Crippen LogP contribution in [0.2, 0.25) is 0 Å². The molecule has 0 fully saturated rings. The van der Waals surface area contributed by atoms with Gasteiger partial charge in [-0.1, -0.05) is 176 Å². The van der Waals surface area contributed by atoms with Crippen LogP contribution < -0.4 is 5.01 Å². The van der Waals surface area contributed by atoms with E-state index in [1.54, 1.807) is 0 Å². The van der Waals surface area contributed by atoms with Gasteiger partial charge in [0.15, 0.2) is 0 Å². The maximum atomic E-state index is 4.92. The van der Waals surface area contributed by atoms with Crippen molar-refractivity contribution >= 4 is 38.0 Å². The van der Waals surface area contributed by atoms with Crippen LogP contribution in [0, 0.1) is 0 Å². The van der Waals surface area contributed by atoms with E-state index in [2.05, 4.69) is 183 Å². The minimum absolute atomic E-state index is 0.186. The zero-order chi connectivity index (χ0) is 34.8. The van der Waals surface area contributed by atoms with E-state index in [1.807, 2.05) is 0 Å². The van der Waals surface area contributed by atoms with Crippen molar-refractivity contribution in [3.05, 3.63) is 215 Å². The molecule has 248 valence electrons. The first-order chi connectivity index (χ1) is 26.2. The zero-order valence-electron chi connectivity index (χ0n) is 29.3. The fraction of sp³-hybridized carbons (Fsp3) is 0.0588. The molecule has 1 N–H and O–H groups in total. The smallest absolute Gasteiger partial charge is 0.133 e. The molecule has 1 spiro atoms. The van der Waals surface area contributed by atoms with Gasteiger partial charge in [-0.2, -0.15) is 0 Å². The molecule has 1 heterocycles. The molecule has 2 heteroatoms. The van der Waals surface area contributed by atoms with E-state index in [0.717, 1.165) is 10.7 Å². The number of nitrogens with one attached hydrogen (secondary N) is 1. The number of benzene rings is 9. The van der Waals surface area contributed by atoms with Gasteiger partial charge in [0.25, 0.3) is 0 Å². The number of fused-ring (bicyclic) bond motifs is 18. The second-order valence-electron chi connectivity index (χ2n) is 14.9. The van der Waals surface area contributed by atoms with Gasteiger partial charge in [-0.15, -0.1) is 0 Å². The highest BCUT2D eigenvalue weighted by Crippen LogP contribution is 2.67. The third-order valence-corrected chi connectivity index (χ3v) is 12.5. The normalized spacial score (nSPS) is 17.1. The number of para-hydroxylation sites is 1. The molecular formula is C51H34N2. The highest BCUT2D eigenvalue weighted by molar-refractivity contribution is 6.22. The SMILES string of the molecule is C[NH+]1[N-]c2ccccc2C1c1ccc(-c2cc3c(c4ccccc24)C2(c4ccccc4-c4ccccc42)c2c-3c3ccccc3c3ccccc23)cc1. The molecule has 2 atom stereocenters. The van der Waals surface area contributed by atoms with Gasteiger partial charge in [-0.3, -0.25) is 0 Å². The van der Waals surface area contributed by atoms with Crippen molar-refractivity contribution < 1.29 is 5.01 Å². The van der Waals surface area contributed by atoms with Crippen molar-refractivity contribution in [2.45, 2.75) is 11.5 Å². The predicted molar refractivity (Wildman–Crippen MR) is 219 cm³/mol. The lowest BCUT2D eigenvalue weighted by atomic mass is 9.68. The van der Waals surface area contributed by atoms with Crippen molar-refractivity contribution in [1.82, 2.24) is 0 Å². The molecule has 0 saturated heterocycles. The lowest BCUT2D eigenvalue weighted by molar-refractivity contribution is -0.859. The number of hydrogen-bond donors (Lipinski definition) is 1. The molecule has 0 radical (unpaired) electrons. The summed E-state index contributed by atoms with van der Waals surface area (Å²) >= 11 is 0. The maximum Gasteiger partial charge on any atom is 0.133 e. The summed E-state index contributed by atoms with van der Waals surface area (Å²) in [6, 6.07) is 66.2. The van der Waals surface area contributed by atoms with E-state index in [-0.39, 0.29) is 6.04 Å². The van der Waals surface area contributed by atoms with Crippen molar-refractivity contribution in [1.29, 1.82) is 0 Å². The van der Waals surface area contributed by atoms with E-state index in [0.29, 0.717) is 0 Å². The number of quaternary nitrogens is 1. The molecule has 0 saturated carbocycles. The second kappa shape index (κ2) is 10.5. The molecule has 2 nitrogen and oxygen atoms in total. The summed E-state index contributed by atoms with van der Waals surface area (Å²) in [5, 5.41) is 9.00. The molecular weight excluding hydrogens is 641 g/mol. The molecule has 1 aliphatic heterocycles. The number of rotatable bonds is 2. The van der Waals surface area contributed by atoms with Gasteiger partial charge in [0.2, 0.25) is 0 Å². The Kier molecular flexibility index (Phi) is 5.79. The van der Waals surface area contributed by atoms with Crippen LogP contribution in [0.5, 0.6) is 0 Å². The lowest BCUT2D eigenvalue weighted by Gasteiger charge is -2.33. The van der Waals surface area contributed by atoms with Crippen LogP contribution in [0.4, 0.5) is 5.69 Å². The molecule has 0 bridgehead atoms. The summed E-state index contributed by atoms with van der Waals surface area (Å²) in [7, 11) is 2.16. The van der Waals surface area contributed by atoms with Crippen molar-refractivity contribution in [3.8, 4) is 33.4 Å². The van der Waals surface area contributed by atoms with Crippen LogP contribution in [0.25, 0.3) is 71.1 Å². The third-order valence-electron chi connectivity index (χ3n) is 12.5. The summed E-state index contributed by atoms with van der Waals surface area (Å²) in [4.78, 5) is 0. The van der Waals surface area contributed by atoms with Gasteiger partial charge in [0, 0.05) is 11.1 Å². The van der Waals surface area contributed by atoms with Crippen molar-refractivity contribution in [3.63, 3.8) is 0 Å². The summed E-state index contributed by atoms with van der Waals surface area (Å²) in [5.74, 6) is 0. The molecule has 3 aliphatic rings. The summed E-state index contributed by atoms with van der Waals surface area (Å²) in [6.45, 7) is 0. The van der Waals surface area contributed by atoms with Gasteiger partial charge >= 0.3 is 0 Å². The van der Waals surface area contributed by atoms with E-state index in [1.165, 1.54) is 99.1 Å². The largest absolute Gasteiger partial charge is 0.487 e. The molecule has 2 unspecified atom stereocenters. The van der Waals surface area contributed by atoms with Crippen LogP contribution in [0.15, 0.2) is 176 Å². The van der Waals surface area contributed by atoms with Crippen molar-refractivity contribution in [2.24, 2.45) is 0 Å². The molecule has 9 aromatic carbocycles. The summed E-state index contributed by atoms with van der Waals surface area (Å²) in [5.41, 5.74) is 21.5. The van der Waals surface area contributed by atoms with E-state index in [4.69, 9.17) is 5.43 Å². The van der Waals surface area contributed by atoms with Crippen LogP contribution in [0.1, 0.15) is 39.4 Å². The van der Waals surface area contributed by atoms with E-state index < -0.39 is 5.41 Å². The first-order valence-corrected chi connectivity index (χ1v) is 18.7. The minimum Gasteiger partial charge on any atom is -0.487 e. The molecule has 12 rings (SSSR count). The van der Waals surface area contributed by atoms with Crippen LogP contribution in [-0.4, -0.2) is 7.05 Å². The Balaban J connectivity index is 1.20. The molecule has 0 amide bonds. The second-order valence-corrected chi connectivity index (χ2v) is 14.9. The Hall–Kier alpha value is -6.48. The summed E-state index contributed by atoms with van der Waals surface area (Å²) in [6.07, 6.45) is 0. The molecule has 53 heavy (non-hydrogen) atoms. The first-order valence-electron chi connectivity index (χ1n) is 18.7. The quantitative estimate of drug-likeness (QED) is 0.176. The van der Waals surface area contributed by atoms with Gasteiger partial charge in [0.1, 0.15) is 6.04 Å². The monoisotopic (exact) mass is 674 g/mol. The number of nitrogens with zero attached hydrogens (tertiary/aromatic N) is 1. The third kappa shape index (κ3) is 3.66. The van der Waals surface area contributed by atoms with Gasteiger partial charge in [0.05, 0.1) is 12.5 Å². The summed E-state index contributed by atoms with van der Waals surface area (Å²) < 4.78 is 0. The predicted octanol–water partition coefficient (Wildman–Crippen LogP) is 11.7. The Morgan fingerprint density at radius 1 is 0.453 bits per heavy atom. The first kappa shape index (κ1) is 29.1. The van der Waals surface area contributed by atoms with Crippen LogP contribution >= 0.6 is 0 Å². The molecule has 9 aromatic rings. The molecule has 0 aromatic heterocycles. The van der Waals surface area contributed by atoms with Gasteiger partial charge in [-0.05, 0) is 94.0 Å². The molecule has 2 aliphatic carbocycles. The van der Waals surface area contributed by atoms with E-state index in [9.17, 15) is 0 Å². The highest BCUT2D eigenvalue weighted by Gasteiger charge is 2.54. The number of hydrogen-bond acceptors (Lipinski definition) is 0. The minimum atomic E-state index is -0.476. The average Bonchev–Trinajstić information content (AvgIpc) is 3.83. The Morgan fingerprint density at radius 3 is 1.68 bits per heavy atom. The van der Waals surface area contributed by atoms with Crippen LogP contribution in [-0.2, 0) is 5.41 Å². The zero-order valence-corrected chi connectivity index (χ0v) is 29.3. The van der Waals surface area contributed by atoms with Gasteiger partial charge in [-0.25, -0.2) is 0 Å². The van der Waals surface area contributed by atoms with Crippen LogP contribution in [0.3, 0.4) is 0 Å². The van der Waals surface area contributed by atoms with Crippen molar-refractivity contribution in [2.75, 3.05) is 7.05 Å². The fourth-order valence-electron chi connectivity index (χ4n) is 10.5. The Labute approximate surface area is 308 Å². The Bertz CT molecular complexity index is 2960. The average molecular weight is 675 g/mol. The Morgan fingerprint density at radius 2 is 0.981 bits per heavy atom. The topological polar surface area (TPSA) is 18.5 Å². The standard InChI is InChI=1S/C51H34N2/c1-53-50(41-22-10-13-25-46(41)52-53)32-28-26-31(27-29-32)42-30-43-47-38-19-5-2-14-33(38)34-15-3-7-21-40(34)49(47)51(48(43)39-20-6-4-16-35(39)42)44-23-11-8-17-36(44)37-18-9-12-24-45(37)51/h2-30,50,53H,1H3. The lowest BCUT2D eigenvalue weighted by Crippen LogP contribution is -3.03. The van der Waals surface area contributed by atoms with Gasteiger partial charge < -0.3 is 10.4 Å². The fourth-order valence-corrected chi connectivity index (χ4v) is 10.5.